The molecular weight excluding hydrogens is 272 g/mol. The zero-order chi connectivity index (χ0) is 16.0. The third kappa shape index (κ3) is 7.58. The van der Waals surface area contributed by atoms with Crippen LogP contribution in [0.4, 0.5) is 5.82 Å². The first-order valence-electron chi connectivity index (χ1n) is 9.01. The Balaban J connectivity index is 2.21. The van der Waals surface area contributed by atoms with E-state index in [1.165, 1.54) is 44.9 Å². The highest BCUT2D eigenvalue weighted by atomic mass is 16.1. The van der Waals surface area contributed by atoms with Crippen LogP contribution in [0.2, 0.25) is 0 Å². The summed E-state index contributed by atoms with van der Waals surface area (Å²) in [6, 6.07) is 3.71. The summed E-state index contributed by atoms with van der Waals surface area (Å²) in [4.78, 5) is 16.4. The van der Waals surface area contributed by atoms with E-state index in [2.05, 4.69) is 17.2 Å². The first-order valence-corrected chi connectivity index (χ1v) is 9.01. The maximum atomic E-state index is 12.0. The fourth-order valence-corrected chi connectivity index (χ4v) is 2.60. The summed E-state index contributed by atoms with van der Waals surface area (Å²) in [6.07, 6.45) is 13.7. The van der Waals surface area contributed by atoms with Crippen molar-refractivity contribution in [2.45, 2.75) is 78.1 Å². The molecule has 124 valence electrons. The van der Waals surface area contributed by atoms with E-state index in [0.717, 1.165) is 30.8 Å². The normalized spacial score (nSPS) is 10.6. The van der Waals surface area contributed by atoms with Crippen LogP contribution in [0.5, 0.6) is 0 Å². The zero-order valence-corrected chi connectivity index (χ0v) is 14.4. The quantitative estimate of drug-likeness (QED) is 0.380. The van der Waals surface area contributed by atoms with Gasteiger partial charge in [0.1, 0.15) is 5.82 Å². The van der Waals surface area contributed by atoms with Crippen LogP contribution in [0, 0.1) is 0 Å². The molecule has 0 fully saturated rings. The van der Waals surface area contributed by atoms with E-state index in [-0.39, 0.29) is 5.78 Å². The number of nitrogens with one attached hydrogen (secondary N) is 1. The number of aromatic nitrogens is 1. The van der Waals surface area contributed by atoms with Gasteiger partial charge in [0.15, 0.2) is 5.78 Å². The van der Waals surface area contributed by atoms with Gasteiger partial charge in [0.25, 0.3) is 0 Å². The molecule has 3 nitrogen and oxygen atoms in total. The Kier molecular flexibility index (Phi) is 10.3. The summed E-state index contributed by atoms with van der Waals surface area (Å²) in [5.74, 6) is 0.943. The second-order valence-corrected chi connectivity index (χ2v) is 5.97. The molecule has 1 heterocycles. The Morgan fingerprint density at radius 3 is 2.36 bits per heavy atom. The summed E-state index contributed by atoms with van der Waals surface area (Å²) in [6.45, 7) is 5.18. The number of hydrogen-bond donors (Lipinski definition) is 1. The average molecular weight is 304 g/mol. The van der Waals surface area contributed by atoms with Crippen LogP contribution < -0.4 is 5.32 Å². The van der Waals surface area contributed by atoms with Gasteiger partial charge in [-0.15, -0.1) is 0 Å². The SMILES string of the molecule is CCCCCCCCCCNc1ncccc1C(=O)CCC. The highest BCUT2D eigenvalue weighted by Gasteiger charge is 2.10. The molecule has 1 aromatic rings. The Bertz CT molecular complexity index is 418. The number of carbonyl (C=O) groups excluding carboxylic acids is 1. The van der Waals surface area contributed by atoms with E-state index in [9.17, 15) is 4.79 Å². The van der Waals surface area contributed by atoms with Gasteiger partial charge in [-0.3, -0.25) is 4.79 Å². The number of ketones is 1. The minimum atomic E-state index is 0.189. The van der Waals surface area contributed by atoms with E-state index in [1.54, 1.807) is 6.20 Å². The molecule has 0 aromatic carbocycles. The van der Waals surface area contributed by atoms with E-state index in [1.807, 2.05) is 19.1 Å². The van der Waals surface area contributed by atoms with Crippen molar-refractivity contribution in [2.75, 3.05) is 11.9 Å². The van der Waals surface area contributed by atoms with Crippen LogP contribution in [0.15, 0.2) is 18.3 Å². The summed E-state index contributed by atoms with van der Waals surface area (Å²) in [5, 5.41) is 3.33. The predicted octanol–water partition coefficient (Wildman–Crippen LogP) is 5.62. The van der Waals surface area contributed by atoms with Crippen molar-refractivity contribution in [2.24, 2.45) is 0 Å². The Morgan fingerprint density at radius 2 is 1.68 bits per heavy atom. The molecule has 0 saturated carbocycles. The lowest BCUT2D eigenvalue weighted by atomic mass is 10.1. The third-order valence-electron chi connectivity index (χ3n) is 3.91. The van der Waals surface area contributed by atoms with Crippen LogP contribution in [0.3, 0.4) is 0 Å². The molecule has 3 heteroatoms. The fourth-order valence-electron chi connectivity index (χ4n) is 2.60. The van der Waals surface area contributed by atoms with Gasteiger partial charge in [0, 0.05) is 19.2 Å². The molecule has 1 N–H and O–H groups in total. The second kappa shape index (κ2) is 12.2. The first kappa shape index (κ1) is 18.7. The summed E-state index contributed by atoms with van der Waals surface area (Å²) in [7, 11) is 0. The number of Topliss-reactive ketones (excluding diaryl/α,β-unsaturated/α-hetero) is 1. The number of carbonyl (C=O) groups is 1. The van der Waals surface area contributed by atoms with Gasteiger partial charge in [-0.1, -0.05) is 58.8 Å². The molecule has 0 amide bonds. The van der Waals surface area contributed by atoms with E-state index in [0.29, 0.717) is 6.42 Å². The summed E-state index contributed by atoms with van der Waals surface area (Å²) < 4.78 is 0. The molecule has 1 rings (SSSR count). The maximum Gasteiger partial charge on any atom is 0.166 e. The van der Waals surface area contributed by atoms with Crippen molar-refractivity contribution >= 4 is 11.6 Å². The van der Waals surface area contributed by atoms with Crippen molar-refractivity contribution < 1.29 is 4.79 Å². The minimum Gasteiger partial charge on any atom is -0.369 e. The highest BCUT2D eigenvalue weighted by Crippen LogP contribution is 2.15. The van der Waals surface area contributed by atoms with E-state index >= 15 is 0 Å². The zero-order valence-electron chi connectivity index (χ0n) is 14.4. The summed E-state index contributed by atoms with van der Waals surface area (Å²) in [5.41, 5.74) is 0.740. The minimum absolute atomic E-state index is 0.189. The molecule has 0 saturated heterocycles. The lowest BCUT2D eigenvalue weighted by Gasteiger charge is -2.09. The lowest BCUT2D eigenvalue weighted by molar-refractivity contribution is 0.0982. The molecule has 0 atom stereocenters. The van der Waals surface area contributed by atoms with Gasteiger partial charge < -0.3 is 5.32 Å². The fraction of sp³-hybridized carbons (Fsp3) is 0.684. The van der Waals surface area contributed by atoms with Crippen LogP contribution in [0.1, 0.15) is 88.4 Å². The topological polar surface area (TPSA) is 42.0 Å². The molecule has 0 aliphatic rings. The lowest BCUT2D eigenvalue weighted by Crippen LogP contribution is -2.09. The monoisotopic (exact) mass is 304 g/mol. The number of pyridine rings is 1. The van der Waals surface area contributed by atoms with Crippen LogP contribution >= 0.6 is 0 Å². The van der Waals surface area contributed by atoms with Gasteiger partial charge >= 0.3 is 0 Å². The van der Waals surface area contributed by atoms with Crippen molar-refractivity contribution in [1.29, 1.82) is 0 Å². The predicted molar refractivity (Wildman–Crippen MR) is 94.6 cm³/mol. The van der Waals surface area contributed by atoms with E-state index < -0.39 is 0 Å². The molecule has 1 aromatic heterocycles. The van der Waals surface area contributed by atoms with E-state index in [4.69, 9.17) is 0 Å². The standard InChI is InChI=1S/C19H32N2O/c1-3-5-6-7-8-9-10-11-15-20-19-17(14-12-16-21-19)18(22)13-4-2/h12,14,16H,3-11,13,15H2,1-2H3,(H,20,21). The van der Waals surface area contributed by atoms with Crippen molar-refractivity contribution in [1.82, 2.24) is 4.98 Å². The van der Waals surface area contributed by atoms with Gasteiger partial charge in [-0.2, -0.15) is 0 Å². The largest absolute Gasteiger partial charge is 0.369 e. The number of anilines is 1. The Hall–Kier alpha value is -1.38. The molecule has 0 aliphatic carbocycles. The Labute approximate surface area is 135 Å². The smallest absolute Gasteiger partial charge is 0.166 e. The maximum absolute atomic E-state index is 12.0. The Morgan fingerprint density at radius 1 is 1.00 bits per heavy atom. The summed E-state index contributed by atoms with van der Waals surface area (Å²) >= 11 is 0. The molecular formula is C19H32N2O. The number of rotatable bonds is 13. The second-order valence-electron chi connectivity index (χ2n) is 5.97. The molecule has 0 bridgehead atoms. The van der Waals surface area contributed by atoms with Gasteiger partial charge in [-0.05, 0) is 25.0 Å². The molecule has 0 radical (unpaired) electrons. The number of unbranched alkanes of at least 4 members (excludes halogenated alkanes) is 7. The van der Waals surface area contributed by atoms with Crippen LogP contribution in [-0.4, -0.2) is 17.3 Å². The number of nitrogens with zero attached hydrogens (tertiary/aromatic N) is 1. The van der Waals surface area contributed by atoms with Crippen molar-refractivity contribution in [3.8, 4) is 0 Å². The highest BCUT2D eigenvalue weighted by molar-refractivity contribution is 6.00. The molecule has 22 heavy (non-hydrogen) atoms. The third-order valence-corrected chi connectivity index (χ3v) is 3.91. The number of hydrogen-bond acceptors (Lipinski definition) is 3. The van der Waals surface area contributed by atoms with Gasteiger partial charge in [0.05, 0.1) is 5.56 Å². The van der Waals surface area contributed by atoms with Crippen LogP contribution in [-0.2, 0) is 0 Å². The molecule has 0 aliphatic heterocycles. The molecule has 0 unspecified atom stereocenters. The van der Waals surface area contributed by atoms with Crippen molar-refractivity contribution in [3.63, 3.8) is 0 Å². The van der Waals surface area contributed by atoms with Gasteiger partial charge in [0.2, 0.25) is 0 Å². The van der Waals surface area contributed by atoms with Gasteiger partial charge in [-0.25, -0.2) is 4.98 Å². The first-order chi connectivity index (χ1) is 10.8. The average Bonchev–Trinajstić information content (AvgIpc) is 2.54. The van der Waals surface area contributed by atoms with Crippen LogP contribution in [0.25, 0.3) is 0 Å². The molecule has 0 spiro atoms. The van der Waals surface area contributed by atoms with Crippen molar-refractivity contribution in [3.05, 3.63) is 23.9 Å².